The van der Waals surface area contributed by atoms with Crippen LogP contribution < -0.4 is 5.73 Å². The molecule has 2 aromatic rings. The van der Waals surface area contributed by atoms with Gasteiger partial charge in [0.05, 0.1) is 5.52 Å². The zero-order chi connectivity index (χ0) is 14.8. The maximum absolute atomic E-state index is 5.96. The number of pyridine rings is 1. The summed E-state index contributed by atoms with van der Waals surface area (Å²) in [6, 6.07) is 10.5. The monoisotopic (exact) mass is 271 g/mol. The van der Waals surface area contributed by atoms with Crippen molar-refractivity contribution in [3.63, 3.8) is 0 Å². The molecular formula is C17H25N3. The van der Waals surface area contributed by atoms with Crippen LogP contribution in [0.2, 0.25) is 0 Å². The first-order chi connectivity index (χ1) is 9.50. The number of hydrogen-bond acceptors (Lipinski definition) is 3. The van der Waals surface area contributed by atoms with Gasteiger partial charge in [0.25, 0.3) is 0 Å². The van der Waals surface area contributed by atoms with Crippen LogP contribution in [0.4, 0.5) is 0 Å². The van der Waals surface area contributed by atoms with E-state index in [1.165, 1.54) is 10.9 Å². The van der Waals surface area contributed by atoms with Crippen LogP contribution in [-0.4, -0.2) is 29.0 Å². The number of rotatable bonds is 5. The number of hydrogen-bond donors (Lipinski definition) is 1. The summed E-state index contributed by atoms with van der Waals surface area (Å²) in [6.07, 6.45) is 1.04. The first kappa shape index (κ1) is 14.9. The van der Waals surface area contributed by atoms with Crippen molar-refractivity contribution in [2.24, 2.45) is 5.73 Å². The predicted octanol–water partition coefficient (Wildman–Crippen LogP) is 3.10. The van der Waals surface area contributed by atoms with Gasteiger partial charge in [-0.1, -0.05) is 25.1 Å². The molecule has 20 heavy (non-hydrogen) atoms. The van der Waals surface area contributed by atoms with E-state index in [1.54, 1.807) is 0 Å². The lowest BCUT2D eigenvalue weighted by atomic mass is 9.96. The number of para-hydroxylation sites is 1. The van der Waals surface area contributed by atoms with Gasteiger partial charge in [-0.15, -0.1) is 0 Å². The third kappa shape index (κ3) is 2.84. The van der Waals surface area contributed by atoms with E-state index in [-0.39, 0.29) is 5.54 Å². The molecule has 0 saturated heterocycles. The third-order valence-corrected chi connectivity index (χ3v) is 4.46. The van der Waals surface area contributed by atoms with Gasteiger partial charge >= 0.3 is 0 Å². The molecule has 108 valence electrons. The van der Waals surface area contributed by atoms with E-state index in [1.807, 2.05) is 6.07 Å². The molecule has 0 radical (unpaired) electrons. The number of likely N-dealkylation sites (N-methyl/N-ethyl adjacent to an activating group) is 1. The van der Waals surface area contributed by atoms with Gasteiger partial charge < -0.3 is 5.73 Å². The standard InChI is InChI=1S/C17H25N3/c1-5-17(3,12-18)20(4)11-14-10-13(2)19-16-9-7-6-8-15(14)16/h6-10H,5,11-12,18H2,1-4H3. The molecule has 1 aromatic carbocycles. The lowest BCUT2D eigenvalue weighted by Crippen LogP contribution is -2.48. The van der Waals surface area contributed by atoms with Crippen LogP contribution in [0.25, 0.3) is 10.9 Å². The molecule has 0 amide bonds. The predicted molar refractivity (Wildman–Crippen MR) is 85.7 cm³/mol. The van der Waals surface area contributed by atoms with E-state index in [4.69, 9.17) is 5.73 Å². The Kier molecular flexibility index (Phi) is 4.41. The number of aryl methyl sites for hydroxylation is 1. The average molecular weight is 271 g/mol. The smallest absolute Gasteiger partial charge is 0.0708 e. The SMILES string of the molecule is CCC(C)(CN)N(C)Cc1cc(C)nc2ccccc12. The third-order valence-electron chi connectivity index (χ3n) is 4.46. The first-order valence-corrected chi connectivity index (χ1v) is 7.26. The fourth-order valence-corrected chi connectivity index (χ4v) is 2.54. The molecule has 1 atom stereocenters. The average Bonchev–Trinajstić information content (AvgIpc) is 2.46. The molecule has 0 saturated carbocycles. The number of nitrogens with zero attached hydrogens (tertiary/aromatic N) is 2. The molecular weight excluding hydrogens is 246 g/mol. The highest BCUT2D eigenvalue weighted by molar-refractivity contribution is 5.82. The maximum atomic E-state index is 5.96. The van der Waals surface area contributed by atoms with Crippen LogP contribution in [0.3, 0.4) is 0 Å². The van der Waals surface area contributed by atoms with Gasteiger partial charge in [0, 0.05) is 29.7 Å². The van der Waals surface area contributed by atoms with Gasteiger partial charge in [-0.05, 0) is 45.0 Å². The van der Waals surface area contributed by atoms with E-state index < -0.39 is 0 Å². The van der Waals surface area contributed by atoms with E-state index in [0.717, 1.165) is 24.2 Å². The first-order valence-electron chi connectivity index (χ1n) is 7.26. The lowest BCUT2D eigenvalue weighted by molar-refractivity contribution is 0.132. The van der Waals surface area contributed by atoms with Gasteiger partial charge in [-0.3, -0.25) is 9.88 Å². The molecule has 2 N–H and O–H groups in total. The highest BCUT2D eigenvalue weighted by Crippen LogP contribution is 2.23. The Hall–Kier alpha value is -1.45. The minimum Gasteiger partial charge on any atom is -0.329 e. The van der Waals surface area contributed by atoms with Crippen molar-refractivity contribution in [2.45, 2.75) is 39.3 Å². The van der Waals surface area contributed by atoms with Crippen molar-refractivity contribution in [3.8, 4) is 0 Å². The molecule has 0 spiro atoms. The van der Waals surface area contributed by atoms with Gasteiger partial charge in [0.15, 0.2) is 0 Å². The van der Waals surface area contributed by atoms with Crippen LogP contribution in [0, 0.1) is 6.92 Å². The van der Waals surface area contributed by atoms with Crippen molar-refractivity contribution in [3.05, 3.63) is 41.6 Å². The fourth-order valence-electron chi connectivity index (χ4n) is 2.54. The van der Waals surface area contributed by atoms with Crippen molar-refractivity contribution in [1.82, 2.24) is 9.88 Å². The number of nitrogens with two attached hydrogens (primary N) is 1. The van der Waals surface area contributed by atoms with Crippen molar-refractivity contribution in [2.75, 3.05) is 13.6 Å². The highest BCUT2D eigenvalue weighted by Gasteiger charge is 2.25. The van der Waals surface area contributed by atoms with Crippen LogP contribution in [0.5, 0.6) is 0 Å². The number of aromatic nitrogens is 1. The largest absolute Gasteiger partial charge is 0.329 e. The minimum absolute atomic E-state index is 0.0400. The molecule has 3 heteroatoms. The quantitative estimate of drug-likeness (QED) is 0.908. The Morgan fingerprint density at radius 3 is 2.65 bits per heavy atom. The Morgan fingerprint density at radius 1 is 1.30 bits per heavy atom. The minimum atomic E-state index is 0.0400. The highest BCUT2D eigenvalue weighted by atomic mass is 15.2. The maximum Gasteiger partial charge on any atom is 0.0708 e. The molecule has 2 rings (SSSR count). The summed E-state index contributed by atoms with van der Waals surface area (Å²) in [6.45, 7) is 8.04. The van der Waals surface area contributed by atoms with Gasteiger partial charge in [-0.2, -0.15) is 0 Å². The molecule has 0 aliphatic rings. The summed E-state index contributed by atoms with van der Waals surface area (Å²) in [5, 5.41) is 1.24. The summed E-state index contributed by atoms with van der Waals surface area (Å²) in [5.41, 5.74) is 9.46. The summed E-state index contributed by atoms with van der Waals surface area (Å²) in [4.78, 5) is 6.96. The van der Waals surface area contributed by atoms with E-state index in [0.29, 0.717) is 6.54 Å². The zero-order valence-electron chi connectivity index (χ0n) is 13.0. The Labute approximate surface area is 121 Å². The van der Waals surface area contributed by atoms with Crippen LogP contribution >= 0.6 is 0 Å². The zero-order valence-corrected chi connectivity index (χ0v) is 13.0. The second kappa shape index (κ2) is 5.90. The van der Waals surface area contributed by atoms with Crippen LogP contribution in [0.15, 0.2) is 30.3 Å². The summed E-state index contributed by atoms with van der Waals surface area (Å²) in [7, 11) is 2.15. The molecule has 1 heterocycles. The Morgan fingerprint density at radius 2 is 2.00 bits per heavy atom. The summed E-state index contributed by atoms with van der Waals surface area (Å²) in [5.74, 6) is 0. The number of benzene rings is 1. The Bertz CT molecular complexity index is 588. The van der Waals surface area contributed by atoms with Crippen molar-refractivity contribution >= 4 is 10.9 Å². The molecule has 0 aliphatic carbocycles. The van der Waals surface area contributed by atoms with E-state index >= 15 is 0 Å². The van der Waals surface area contributed by atoms with Crippen molar-refractivity contribution < 1.29 is 0 Å². The summed E-state index contributed by atoms with van der Waals surface area (Å²) >= 11 is 0. The molecule has 0 bridgehead atoms. The molecule has 0 fully saturated rings. The normalized spacial score (nSPS) is 14.7. The fraction of sp³-hybridized carbons (Fsp3) is 0.471. The molecule has 0 aliphatic heterocycles. The van der Waals surface area contributed by atoms with Crippen LogP contribution in [-0.2, 0) is 6.54 Å². The second-order valence-corrected chi connectivity index (χ2v) is 5.85. The lowest BCUT2D eigenvalue weighted by Gasteiger charge is -2.37. The van der Waals surface area contributed by atoms with Gasteiger partial charge in [0.2, 0.25) is 0 Å². The van der Waals surface area contributed by atoms with E-state index in [9.17, 15) is 0 Å². The van der Waals surface area contributed by atoms with Crippen molar-refractivity contribution in [1.29, 1.82) is 0 Å². The number of fused-ring (bicyclic) bond motifs is 1. The molecule has 3 nitrogen and oxygen atoms in total. The second-order valence-electron chi connectivity index (χ2n) is 5.85. The topological polar surface area (TPSA) is 42.1 Å². The summed E-state index contributed by atoms with van der Waals surface area (Å²) < 4.78 is 0. The molecule has 1 aromatic heterocycles. The van der Waals surface area contributed by atoms with Gasteiger partial charge in [-0.25, -0.2) is 0 Å². The molecule has 1 unspecified atom stereocenters. The Balaban J connectivity index is 2.38. The van der Waals surface area contributed by atoms with Gasteiger partial charge in [0.1, 0.15) is 0 Å². The van der Waals surface area contributed by atoms with E-state index in [2.05, 4.69) is 62.0 Å². The van der Waals surface area contributed by atoms with Crippen LogP contribution in [0.1, 0.15) is 31.5 Å².